The number of carbonyl (C=O) groups excluding carboxylic acids is 1. The molecular weight excluding hydrogens is 377 g/mol. The van der Waals surface area contributed by atoms with Crippen molar-refractivity contribution >= 4 is 40.4 Å². The van der Waals surface area contributed by atoms with E-state index in [1.165, 1.54) is 10.4 Å². The number of amides is 1. The molecule has 3 rings (SSSR count). The summed E-state index contributed by atoms with van der Waals surface area (Å²) in [6, 6.07) is 7.33. The minimum absolute atomic E-state index is 0.0190. The molecule has 1 aromatic carbocycles. The van der Waals surface area contributed by atoms with Crippen LogP contribution in [0.15, 0.2) is 29.6 Å². The van der Waals surface area contributed by atoms with Crippen molar-refractivity contribution in [1.82, 2.24) is 10.2 Å². The number of nitrogens with zero attached hydrogens (tertiary/aromatic N) is 1. The third-order valence-electron chi connectivity index (χ3n) is 4.49. The van der Waals surface area contributed by atoms with Gasteiger partial charge in [-0.3, -0.25) is 9.69 Å². The van der Waals surface area contributed by atoms with Crippen LogP contribution in [-0.4, -0.2) is 29.9 Å². The molecule has 2 aromatic rings. The van der Waals surface area contributed by atoms with Crippen LogP contribution in [0.3, 0.4) is 0 Å². The van der Waals surface area contributed by atoms with Crippen LogP contribution in [-0.2, 0) is 17.8 Å². The monoisotopic (exact) mass is 397 g/mol. The molecule has 0 spiro atoms. The maximum absolute atomic E-state index is 11.9. The van der Waals surface area contributed by atoms with E-state index in [2.05, 4.69) is 21.7 Å². The Bertz CT molecular complexity index is 763. The molecule has 0 aliphatic carbocycles. The van der Waals surface area contributed by atoms with Gasteiger partial charge in [-0.1, -0.05) is 29.3 Å². The summed E-state index contributed by atoms with van der Waals surface area (Å²) in [5.74, 6) is -0.154. The minimum Gasteiger partial charge on any atom is -0.353 e. The summed E-state index contributed by atoms with van der Waals surface area (Å²) in [4.78, 5) is 15.8. The predicted octanol–water partition coefficient (Wildman–Crippen LogP) is 3.62. The summed E-state index contributed by atoms with van der Waals surface area (Å²) in [5.41, 5.74) is 8.07. The fraction of sp³-hybridized carbons (Fsp3) is 0.389. The van der Waals surface area contributed by atoms with Gasteiger partial charge < -0.3 is 11.1 Å². The van der Waals surface area contributed by atoms with E-state index in [0.29, 0.717) is 16.6 Å². The van der Waals surface area contributed by atoms with Gasteiger partial charge >= 0.3 is 0 Å². The zero-order valence-electron chi connectivity index (χ0n) is 14.0. The molecule has 2 atom stereocenters. The normalized spacial score (nSPS) is 17.0. The fourth-order valence-electron chi connectivity index (χ4n) is 3.07. The first kappa shape index (κ1) is 18.7. The molecule has 2 unspecified atom stereocenters. The summed E-state index contributed by atoms with van der Waals surface area (Å²) in [5, 5.41) is 6.14. The van der Waals surface area contributed by atoms with Gasteiger partial charge in [0.2, 0.25) is 5.91 Å². The molecule has 25 heavy (non-hydrogen) atoms. The molecule has 1 aromatic heterocycles. The van der Waals surface area contributed by atoms with Gasteiger partial charge in [0.25, 0.3) is 0 Å². The molecule has 0 radical (unpaired) electrons. The highest BCUT2D eigenvalue weighted by Gasteiger charge is 2.26. The van der Waals surface area contributed by atoms with Gasteiger partial charge in [0.05, 0.1) is 22.1 Å². The highest BCUT2D eigenvalue weighted by Crippen LogP contribution is 2.32. The lowest BCUT2D eigenvalue weighted by Gasteiger charge is -2.35. The van der Waals surface area contributed by atoms with E-state index in [0.717, 1.165) is 25.1 Å². The van der Waals surface area contributed by atoms with Crippen LogP contribution in [0.4, 0.5) is 0 Å². The molecule has 2 heterocycles. The standard InChI is InChI=1S/C18H21Cl2N3OS/c1-11(21)18(24)22-9-16(12-2-3-14(19)15(20)8-12)23-6-4-17-13(10-23)5-7-25-17/h2-3,5,7-8,11,16H,4,6,9-10,21H2,1H3,(H,22,24). The lowest BCUT2D eigenvalue weighted by molar-refractivity contribution is -0.122. The Labute approximate surface area is 161 Å². The molecule has 1 aliphatic heterocycles. The first-order valence-electron chi connectivity index (χ1n) is 8.23. The zero-order valence-corrected chi connectivity index (χ0v) is 16.3. The average molecular weight is 398 g/mol. The highest BCUT2D eigenvalue weighted by molar-refractivity contribution is 7.10. The van der Waals surface area contributed by atoms with Crippen molar-refractivity contribution < 1.29 is 4.79 Å². The second-order valence-corrected chi connectivity index (χ2v) is 8.13. The number of nitrogens with one attached hydrogen (secondary N) is 1. The van der Waals surface area contributed by atoms with Crippen LogP contribution in [0.2, 0.25) is 10.0 Å². The lowest BCUT2D eigenvalue weighted by atomic mass is 10.0. The molecule has 1 amide bonds. The SMILES string of the molecule is CC(N)C(=O)NCC(c1ccc(Cl)c(Cl)c1)N1CCc2sccc2C1. The molecule has 1 aliphatic rings. The Morgan fingerprint density at radius 3 is 2.88 bits per heavy atom. The first-order chi connectivity index (χ1) is 12.0. The zero-order chi connectivity index (χ0) is 18.0. The molecule has 4 nitrogen and oxygen atoms in total. The third kappa shape index (κ3) is 4.36. The number of thiophene rings is 1. The number of halogens is 2. The van der Waals surface area contributed by atoms with E-state index in [9.17, 15) is 4.79 Å². The molecular formula is C18H21Cl2N3OS. The smallest absolute Gasteiger partial charge is 0.236 e. The Morgan fingerprint density at radius 1 is 1.36 bits per heavy atom. The molecule has 0 saturated heterocycles. The number of carbonyl (C=O) groups is 1. The number of rotatable bonds is 5. The van der Waals surface area contributed by atoms with Crippen LogP contribution < -0.4 is 11.1 Å². The van der Waals surface area contributed by atoms with Gasteiger partial charge in [0, 0.05) is 24.5 Å². The van der Waals surface area contributed by atoms with Gasteiger partial charge in [-0.05, 0) is 48.1 Å². The first-order valence-corrected chi connectivity index (χ1v) is 9.87. The molecule has 0 saturated carbocycles. The van der Waals surface area contributed by atoms with Crippen molar-refractivity contribution in [3.05, 3.63) is 55.7 Å². The van der Waals surface area contributed by atoms with Crippen molar-refractivity contribution in [1.29, 1.82) is 0 Å². The number of nitrogens with two attached hydrogens (primary N) is 1. The van der Waals surface area contributed by atoms with E-state index in [1.807, 2.05) is 23.5 Å². The van der Waals surface area contributed by atoms with Crippen LogP contribution in [0, 0.1) is 0 Å². The van der Waals surface area contributed by atoms with Crippen molar-refractivity contribution in [2.24, 2.45) is 5.73 Å². The van der Waals surface area contributed by atoms with Gasteiger partial charge in [0.1, 0.15) is 0 Å². The van der Waals surface area contributed by atoms with Crippen molar-refractivity contribution in [3.63, 3.8) is 0 Å². The summed E-state index contributed by atoms with van der Waals surface area (Å²) < 4.78 is 0. The number of fused-ring (bicyclic) bond motifs is 1. The van der Waals surface area contributed by atoms with Gasteiger partial charge in [0.15, 0.2) is 0 Å². The lowest BCUT2D eigenvalue weighted by Crippen LogP contribution is -2.44. The predicted molar refractivity (Wildman–Crippen MR) is 104 cm³/mol. The second-order valence-electron chi connectivity index (χ2n) is 6.31. The summed E-state index contributed by atoms with van der Waals surface area (Å²) in [6.07, 6.45) is 1.02. The Kier molecular flexibility index (Phi) is 6.02. The Morgan fingerprint density at radius 2 is 2.16 bits per heavy atom. The Balaban J connectivity index is 1.83. The van der Waals surface area contributed by atoms with E-state index in [1.54, 1.807) is 13.0 Å². The van der Waals surface area contributed by atoms with Crippen LogP contribution in [0.5, 0.6) is 0 Å². The maximum atomic E-state index is 11.9. The van der Waals surface area contributed by atoms with Crippen LogP contribution in [0.25, 0.3) is 0 Å². The van der Waals surface area contributed by atoms with Crippen molar-refractivity contribution in [2.75, 3.05) is 13.1 Å². The molecule has 134 valence electrons. The fourth-order valence-corrected chi connectivity index (χ4v) is 4.27. The molecule has 7 heteroatoms. The van der Waals surface area contributed by atoms with Crippen LogP contribution >= 0.6 is 34.5 Å². The average Bonchev–Trinajstić information content (AvgIpc) is 3.05. The quantitative estimate of drug-likeness (QED) is 0.809. The topological polar surface area (TPSA) is 58.4 Å². The number of hydrogen-bond donors (Lipinski definition) is 2. The van der Waals surface area contributed by atoms with E-state index >= 15 is 0 Å². The maximum Gasteiger partial charge on any atom is 0.236 e. The van der Waals surface area contributed by atoms with Crippen molar-refractivity contribution in [2.45, 2.75) is 32.0 Å². The minimum atomic E-state index is -0.528. The third-order valence-corrected chi connectivity index (χ3v) is 6.25. The number of benzene rings is 1. The van der Waals surface area contributed by atoms with E-state index < -0.39 is 6.04 Å². The summed E-state index contributed by atoms with van der Waals surface area (Å²) >= 11 is 14.1. The highest BCUT2D eigenvalue weighted by atomic mass is 35.5. The summed E-state index contributed by atoms with van der Waals surface area (Å²) in [7, 11) is 0. The molecule has 3 N–H and O–H groups in total. The van der Waals surface area contributed by atoms with E-state index in [-0.39, 0.29) is 11.9 Å². The largest absolute Gasteiger partial charge is 0.353 e. The second kappa shape index (κ2) is 8.06. The van der Waals surface area contributed by atoms with Gasteiger partial charge in [-0.25, -0.2) is 0 Å². The number of hydrogen-bond acceptors (Lipinski definition) is 4. The summed E-state index contributed by atoms with van der Waals surface area (Å²) in [6.45, 7) is 3.96. The van der Waals surface area contributed by atoms with Gasteiger partial charge in [-0.15, -0.1) is 11.3 Å². The Hall–Kier alpha value is -1.11. The van der Waals surface area contributed by atoms with Crippen LogP contribution in [0.1, 0.15) is 29.0 Å². The van der Waals surface area contributed by atoms with Crippen molar-refractivity contribution in [3.8, 4) is 0 Å². The van der Waals surface area contributed by atoms with Gasteiger partial charge in [-0.2, -0.15) is 0 Å². The molecule has 0 bridgehead atoms. The van der Waals surface area contributed by atoms with E-state index in [4.69, 9.17) is 28.9 Å². The molecule has 0 fully saturated rings.